The Kier molecular flexibility index (Phi) is 4.54. The van der Waals surface area contributed by atoms with Crippen LogP contribution in [0, 0.1) is 18.8 Å². The molecule has 132 valence electrons. The van der Waals surface area contributed by atoms with E-state index < -0.39 is 0 Å². The van der Waals surface area contributed by atoms with Gasteiger partial charge in [-0.1, -0.05) is 41.6 Å². The fourth-order valence-corrected chi connectivity index (χ4v) is 4.01. The number of carbonyl (C=O) groups is 1. The Morgan fingerprint density at radius 2 is 1.84 bits per heavy atom. The smallest absolute Gasteiger partial charge is 0.230 e. The predicted molar refractivity (Wildman–Crippen MR) is 99.3 cm³/mol. The summed E-state index contributed by atoms with van der Waals surface area (Å²) in [6.07, 6.45) is 5.10. The van der Waals surface area contributed by atoms with Crippen molar-refractivity contribution < 1.29 is 4.79 Å². The summed E-state index contributed by atoms with van der Waals surface area (Å²) in [4.78, 5) is 12.3. The molecule has 6 heteroatoms. The molecule has 1 aromatic carbocycles. The zero-order valence-electron chi connectivity index (χ0n) is 14.7. The molecule has 1 N–H and O–H groups in total. The maximum absolute atomic E-state index is 12.3. The molecule has 1 aromatic heterocycles. The number of thioether (sulfide) groups is 1. The molecule has 4 rings (SSSR count). The number of hydrogen-bond donors (Lipinski definition) is 1. The van der Waals surface area contributed by atoms with Crippen LogP contribution in [0.5, 0.6) is 0 Å². The molecular weight excluding hydrogens is 332 g/mol. The zero-order chi connectivity index (χ0) is 17.4. The van der Waals surface area contributed by atoms with Gasteiger partial charge in [0.05, 0.1) is 5.75 Å². The largest absolute Gasteiger partial charge is 0.352 e. The highest BCUT2D eigenvalue weighted by molar-refractivity contribution is 7.99. The van der Waals surface area contributed by atoms with Gasteiger partial charge in [0, 0.05) is 18.7 Å². The Bertz CT molecular complexity index is 750. The standard InChI is InChI=1S/C19H24N4OS/c1-12-3-5-15(6-4-12)18-21-22-19(23(18)2)25-11-16(24)20-17(13-7-8-13)14-9-10-14/h3-6,13-14,17H,7-11H2,1-2H3,(H,20,24). The van der Waals surface area contributed by atoms with Crippen LogP contribution in [0.15, 0.2) is 29.4 Å². The molecule has 0 spiro atoms. The minimum Gasteiger partial charge on any atom is -0.352 e. The summed E-state index contributed by atoms with van der Waals surface area (Å²) in [6.45, 7) is 2.07. The summed E-state index contributed by atoms with van der Waals surface area (Å²) in [5, 5.41) is 12.6. The molecule has 2 fully saturated rings. The van der Waals surface area contributed by atoms with Gasteiger partial charge in [0.25, 0.3) is 0 Å². The highest BCUT2D eigenvalue weighted by Crippen LogP contribution is 2.44. The maximum atomic E-state index is 12.3. The van der Waals surface area contributed by atoms with E-state index in [9.17, 15) is 4.79 Å². The number of amides is 1. The first kappa shape index (κ1) is 16.6. The summed E-state index contributed by atoms with van der Waals surface area (Å²) in [7, 11) is 1.95. The van der Waals surface area contributed by atoms with Crippen LogP contribution in [-0.4, -0.2) is 32.5 Å². The lowest BCUT2D eigenvalue weighted by Gasteiger charge is -2.17. The number of rotatable bonds is 7. The van der Waals surface area contributed by atoms with Crippen LogP contribution >= 0.6 is 11.8 Å². The predicted octanol–water partition coefficient (Wildman–Crippen LogP) is 3.19. The molecule has 0 radical (unpaired) electrons. The lowest BCUT2D eigenvalue weighted by molar-refractivity contribution is -0.119. The van der Waals surface area contributed by atoms with E-state index in [0.29, 0.717) is 11.8 Å². The zero-order valence-corrected chi connectivity index (χ0v) is 15.6. The van der Waals surface area contributed by atoms with Gasteiger partial charge >= 0.3 is 0 Å². The van der Waals surface area contributed by atoms with Crippen molar-refractivity contribution in [3.05, 3.63) is 29.8 Å². The van der Waals surface area contributed by atoms with Crippen LogP contribution in [0.3, 0.4) is 0 Å². The second-order valence-corrected chi connectivity index (χ2v) is 8.23. The fourth-order valence-electron chi connectivity index (χ4n) is 3.28. The topological polar surface area (TPSA) is 59.8 Å². The monoisotopic (exact) mass is 356 g/mol. The first-order valence-electron chi connectivity index (χ1n) is 9.00. The van der Waals surface area contributed by atoms with Crippen LogP contribution in [0.4, 0.5) is 0 Å². The van der Waals surface area contributed by atoms with E-state index in [1.54, 1.807) is 0 Å². The summed E-state index contributed by atoms with van der Waals surface area (Å²) in [5.74, 6) is 2.80. The van der Waals surface area contributed by atoms with Crippen LogP contribution in [0.2, 0.25) is 0 Å². The van der Waals surface area contributed by atoms with Gasteiger partial charge < -0.3 is 9.88 Å². The molecule has 0 unspecified atom stereocenters. The number of benzene rings is 1. The number of hydrogen-bond acceptors (Lipinski definition) is 4. The van der Waals surface area contributed by atoms with Crippen molar-refractivity contribution in [1.82, 2.24) is 20.1 Å². The Hall–Kier alpha value is -1.82. The highest BCUT2D eigenvalue weighted by Gasteiger charge is 2.42. The van der Waals surface area contributed by atoms with Crippen molar-refractivity contribution >= 4 is 17.7 Å². The van der Waals surface area contributed by atoms with E-state index >= 15 is 0 Å². The van der Waals surface area contributed by atoms with Crippen molar-refractivity contribution in [2.75, 3.05) is 5.75 Å². The van der Waals surface area contributed by atoms with Gasteiger partial charge in [0.15, 0.2) is 11.0 Å². The van der Waals surface area contributed by atoms with Gasteiger partial charge in [0.1, 0.15) is 0 Å². The maximum Gasteiger partial charge on any atom is 0.230 e. The second kappa shape index (κ2) is 6.83. The van der Waals surface area contributed by atoms with E-state index in [1.807, 2.05) is 11.6 Å². The van der Waals surface area contributed by atoms with Gasteiger partial charge in [-0.15, -0.1) is 10.2 Å². The number of nitrogens with zero attached hydrogens (tertiary/aromatic N) is 3. The van der Waals surface area contributed by atoms with Crippen molar-refractivity contribution in [2.24, 2.45) is 18.9 Å². The first-order valence-corrected chi connectivity index (χ1v) is 9.99. The van der Waals surface area contributed by atoms with Crippen LogP contribution in [0.1, 0.15) is 31.2 Å². The van der Waals surface area contributed by atoms with Gasteiger partial charge in [-0.25, -0.2) is 0 Å². The van der Waals surface area contributed by atoms with Crippen molar-refractivity contribution in [3.63, 3.8) is 0 Å². The van der Waals surface area contributed by atoms with E-state index in [2.05, 4.69) is 46.7 Å². The van der Waals surface area contributed by atoms with Gasteiger partial charge in [-0.2, -0.15) is 0 Å². The first-order chi connectivity index (χ1) is 12.1. The van der Waals surface area contributed by atoms with Crippen molar-refractivity contribution in [2.45, 2.75) is 43.8 Å². The molecule has 2 aromatic rings. The molecule has 0 aliphatic heterocycles. The quantitative estimate of drug-likeness (QED) is 0.774. The number of aromatic nitrogens is 3. The average Bonchev–Trinajstić information content (AvgIpc) is 3.51. The van der Waals surface area contributed by atoms with Gasteiger partial charge in [-0.05, 0) is 44.4 Å². The molecule has 25 heavy (non-hydrogen) atoms. The lowest BCUT2D eigenvalue weighted by Crippen LogP contribution is -2.39. The normalized spacial score (nSPS) is 17.1. The molecule has 1 heterocycles. The molecule has 5 nitrogen and oxygen atoms in total. The average molecular weight is 356 g/mol. The SMILES string of the molecule is Cc1ccc(-c2nnc(SCC(=O)NC(C3CC3)C3CC3)n2C)cc1. The summed E-state index contributed by atoms with van der Waals surface area (Å²) in [5.41, 5.74) is 2.26. The number of aryl methyl sites for hydroxylation is 1. The third kappa shape index (κ3) is 3.89. The Morgan fingerprint density at radius 1 is 1.20 bits per heavy atom. The Morgan fingerprint density at radius 3 is 2.44 bits per heavy atom. The molecule has 2 aliphatic carbocycles. The van der Waals surface area contributed by atoms with Crippen LogP contribution in [-0.2, 0) is 11.8 Å². The van der Waals surface area contributed by atoms with E-state index in [4.69, 9.17) is 0 Å². The molecule has 0 bridgehead atoms. The summed E-state index contributed by atoms with van der Waals surface area (Å²) < 4.78 is 1.96. The number of carbonyl (C=O) groups excluding carboxylic acids is 1. The minimum absolute atomic E-state index is 0.119. The molecule has 0 saturated heterocycles. The second-order valence-electron chi connectivity index (χ2n) is 7.29. The van der Waals surface area contributed by atoms with E-state index in [0.717, 1.165) is 28.4 Å². The summed E-state index contributed by atoms with van der Waals surface area (Å²) >= 11 is 1.46. The molecule has 0 atom stereocenters. The molecule has 2 aliphatic rings. The summed E-state index contributed by atoms with van der Waals surface area (Å²) in [6, 6.07) is 8.66. The van der Waals surface area contributed by atoms with Crippen LogP contribution in [0.25, 0.3) is 11.4 Å². The van der Waals surface area contributed by atoms with Crippen LogP contribution < -0.4 is 5.32 Å². The molecular formula is C19H24N4OS. The number of nitrogens with one attached hydrogen (secondary N) is 1. The van der Waals surface area contributed by atoms with Crippen molar-refractivity contribution in [3.8, 4) is 11.4 Å². The molecule has 1 amide bonds. The third-order valence-corrected chi connectivity index (χ3v) is 6.08. The highest BCUT2D eigenvalue weighted by atomic mass is 32.2. The van der Waals surface area contributed by atoms with Crippen molar-refractivity contribution in [1.29, 1.82) is 0 Å². The van der Waals surface area contributed by atoms with E-state index in [-0.39, 0.29) is 5.91 Å². The van der Waals surface area contributed by atoms with Gasteiger partial charge in [-0.3, -0.25) is 4.79 Å². The Balaban J connectivity index is 1.36. The fraction of sp³-hybridized carbons (Fsp3) is 0.526. The van der Waals surface area contributed by atoms with E-state index in [1.165, 1.54) is 43.0 Å². The molecule has 2 saturated carbocycles. The Labute approximate surface area is 152 Å². The lowest BCUT2D eigenvalue weighted by atomic mass is 10.1. The third-order valence-electron chi connectivity index (χ3n) is 5.06. The van der Waals surface area contributed by atoms with Gasteiger partial charge in [0.2, 0.25) is 5.91 Å². The minimum atomic E-state index is 0.119.